The van der Waals surface area contributed by atoms with E-state index in [1.807, 2.05) is 4.57 Å². The molecule has 0 aromatic carbocycles. The van der Waals surface area contributed by atoms with Gasteiger partial charge in [0.2, 0.25) is 5.88 Å². The second kappa shape index (κ2) is 7.02. The number of aliphatic hydroxyl groups excluding tert-OH is 1. The minimum Gasteiger partial charge on any atom is -0.476 e. The van der Waals surface area contributed by atoms with E-state index in [1.54, 1.807) is 6.33 Å². The second-order valence-electron chi connectivity index (χ2n) is 5.53. The van der Waals surface area contributed by atoms with Gasteiger partial charge in [-0.25, -0.2) is 9.97 Å². The number of aromatic nitrogens is 4. The van der Waals surface area contributed by atoms with Crippen molar-refractivity contribution in [2.45, 2.75) is 51.4 Å². The number of hydrogen-bond acceptors (Lipinski definition) is 6. The number of hydrogen-bond donors (Lipinski definition) is 1. The Bertz CT molecular complexity index is 616. The van der Waals surface area contributed by atoms with Crippen molar-refractivity contribution in [3.05, 3.63) is 12.7 Å². The van der Waals surface area contributed by atoms with Crippen LogP contribution in [0.3, 0.4) is 0 Å². The average Bonchev–Trinajstić information content (AvgIpc) is 3.17. The first-order valence-corrected chi connectivity index (χ1v) is 7.90. The Balaban J connectivity index is 1.77. The van der Waals surface area contributed by atoms with Crippen LogP contribution >= 0.6 is 0 Å². The van der Waals surface area contributed by atoms with Gasteiger partial charge in [-0.3, -0.25) is 4.57 Å². The highest BCUT2D eigenvalue weighted by Gasteiger charge is 2.27. The van der Waals surface area contributed by atoms with Crippen molar-refractivity contribution in [3.63, 3.8) is 0 Å². The molecule has 0 amide bonds. The Kier molecular flexibility index (Phi) is 4.84. The number of rotatable bonds is 7. The van der Waals surface area contributed by atoms with Crippen molar-refractivity contribution in [3.8, 4) is 5.88 Å². The van der Waals surface area contributed by atoms with Gasteiger partial charge >= 0.3 is 0 Å². The highest BCUT2D eigenvalue weighted by atomic mass is 16.5. The molecule has 0 spiro atoms. The van der Waals surface area contributed by atoms with Crippen molar-refractivity contribution < 1.29 is 14.6 Å². The zero-order valence-electron chi connectivity index (χ0n) is 12.8. The molecule has 7 heteroatoms. The lowest BCUT2D eigenvalue weighted by atomic mass is 10.2. The summed E-state index contributed by atoms with van der Waals surface area (Å²) in [7, 11) is 0. The van der Waals surface area contributed by atoms with Crippen LogP contribution in [0.5, 0.6) is 5.88 Å². The van der Waals surface area contributed by atoms with Crippen LogP contribution in [0.25, 0.3) is 11.2 Å². The van der Waals surface area contributed by atoms with Crippen LogP contribution in [0.2, 0.25) is 0 Å². The highest BCUT2D eigenvalue weighted by molar-refractivity contribution is 5.75. The summed E-state index contributed by atoms with van der Waals surface area (Å²) < 4.78 is 13.4. The predicted molar refractivity (Wildman–Crippen MR) is 80.6 cm³/mol. The van der Waals surface area contributed by atoms with E-state index in [0.29, 0.717) is 23.7 Å². The summed E-state index contributed by atoms with van der Waals surface area (Å²) in [5.41, 5.74) is 1.37. The monoisotopic (exact) mass is 306 g/mol. The number of ether oxygens (including phenoxy) is 2. The fraction of sp³-hybridized carbons (Fsp3) is 0.667. The maximum atomic E-state index is 9.18. The third kappa shape index (κ3) is 3.05. The molecule has 1 N–H and O–H groups in total. The first-order chi connectivity index (χ1) is 10.8. The maximum Gasteiger partial charge on any atom is 0.245 e. The molecule has 0 unspecified atom stereocenters. The molecule has 7 nitrogen and oxygen atoms in total. The number of fused-ring (bicyclic) bond motifs is 1. The topological polar surface area (TPSA) is 82.3 Å². The van der Waals surface area contributed by atoms with E-state index in [9.17, 15) is 5.11 Å². The van der Waals surface area contributed by atoms with Crippen molar-refractivity contribution in [2.24, 2.45) is 0 Å². The summed E-state index contributed by atoms with van der Waals surface area (Å²) in [5.74, 6) is 0.525. The van der Waals surface area contributed by atoms with Gasteiger partial charge in [0.05, 0.1) is 25.6 Å². The largest absolute Gasteiger partial charge is 0.476 e. The molecule has 3 heterocycles. The van der Waals surface area contributed by atoms with Crippen molar-refractivity contribution in [1.82, 2.24) is 19.5 Å². The smallest absolute Gasteiger partial charge is 0.245 e. The van der Waals surface area contributed by atoms with E-state index >= 15 is 0 Å². The molecular formula is C15H22N4O3. The standard InChI is InChI=1S/C15H22N4O3/c1-2-3-4-7-21-15-13-14(16-9-17-15)19(10-18-13)12-6-5-11(8-20)22-12/h9-12,20H,2-8H2,1H3/t11-,12+/m0/s1. The molecule has 1 fully saturated rings. The molecule has 2 aromatic rings. The second-order valence-corrected chi connectivity index (χ2v) is 5.53. The lowest BCUT2D eigenvalue weighted by molar-refractivity contribution is -0.0207. The molecule has 1 saturated heterocycles. The average molecular weight is 306 g/mol. The van der Waals surface area contributed by atoms with Crippen molar-refractivity contribution in [2.75, 3.05) is 13.2 Å². The zero-order chi connectivity index (χ0) is 15.4. The van der Waals surface area contributed by atoms with E-state index in [4.69, 9.17) is 9.47 Å². The molecule has 1 aliphatic heterocycles. The van der Waals surface area contributed by atoms with Crippen LogP contribution in [0.1, 0.15) is 45.3 Å². The van der Waals surface area contributed by atoms with Crippen LogP contribution in [0.15, 0.2) is 12.7 Å². The van der Waals surface area contributed by atoms with Crippen LogP contribution in [0, 0.1) is 0 Å². The number of imidazole rings is 1. The Labute approximate surface area is 129 Å². The lowest BCUT2D eigenvalue weighted by Gasteiger charge is -2.13. The number of nitrogens with zero attached hydrogens (tertiary/aromatic N) is 4. The third-order valence-corrected chi connectivity index (χ3v) is 3.91. The molecule has 22 heavy (non-hydrogen) atoms. The number of aliphatic hydroxyl groups is 1. The fourth-order valence-electron chi connectivity index (χ4n) is 2.69. The van der Waals surface area contributed by atoms with E-state index in [2.05, 4.69) is 21.9 Å². The highest BCUT2D eigenvalue weighted by Crippen LogP contribution is 2.31. The van der Waals surface area contributed by atoms with Gasteiger partial charge in [-0.05, 0) is 19.3 Å². The van der Waals surface area contributed by atoms with E-state index in [1.165, 1.54) is 6.33 Å². The first kappa shape index (κ1) is 15.2. The van der Waals surface area contributed by atoms with E-state index < -0.39 is 0 Å². The normalized spacial score (nSPS) is 21.5. The minimum atomic E-state index is -0.134. The molecule has 0 bridgehead atoms. The predicted octanol–water partition coefficient (Wildman–Crippen LogP) is 2.07. The summed E-state index contributed by atoms with van der Waals surface area (Å²) in [4.78, 5) is 12.9. The molecule has 0 radical (unpaired) electrons. The zero-order valence-corrected chi connectivity index (χ0v) is 12.8. The van der Waals surface area contributed by atoms with Crippen molar-refractivity contribution in [1.29, 1.82) is 0 Å². The van der Waals surface area contributed by atoms with Gasteiger partial charge in [-0.1, -0.05) is 19.8 Å². The van der Waals surface area contributed by atoms with Gasteiger partial charge in [0.1, 0.15) is 12.6 Å². The minimum absolute atomic E-state index is 0.0455. The van der Waals surface area contributed by atoms with Crippen LogP contribution < -0.4 is 4.74 Å². The van der Waals surface area contributed by atoms with Gasteiger partial charge in [-0.15, -0.1) is 0 Å². The molecule has 2 aromatic heterocycles. The molecule has 3 rings (SSSR count). The van der Waals surface area contributed by atoms with E-state index in [-0.39, 0.29) is 18.9 Å². The molecule has 1 aliphatic rings. The Morgan fingerprint density at radius 2 is 2.23 bits per heavy atom. The number of unbranched alkanes of at least 4 members (excludes halogenated alkanes) is 2. The Hall–Kier alpha value is -1.73. The summed E-state index contributed by atoms with van der Waals surface area (Å²) in [6.45, 7) is 2.84. The molecule has 0 saturated carbocycles. The van der Waals surface area contributed by atoms with Crippen LogP contribution in [-0.4, -0.2) is 43.9 Å². The molecular weight excluding hydrogens is 284 g/mol. The SMILES string of the molecule is CCCCCOc1ncnc2c1ncn2[C@H]1CC[C@@H](CO)O1. The Morgan fingerprint density at radius 1 is 1.32 bits per heavy atom. The third-order valence-electron chi connectivity index (χ3n) is 3.91. The van der Waals surface area contributed by atoms with Crippen molar-refractivity contribution >= 4 is 11.2 Å². The summed E-state index contributed by atoms with van der Waals surface area (Å²) in [6.07, 6.45) is 7.95. The van der Waals surface area contributed by atoms with Gasteiger partial charge < -0.3 is 14.6 Å². The summed E-state index contributed by atoms with van der Waals surface area (Å²) >= 11 is 0. The molecule has 0 aliphatic carbocycles. The lowest BCUT2D eigenvalue weighted by Crippen LogP contribution is -2.14. The van der Waals surface area contributed by atoms with E-state index in [0.717, 1.165) is 32.1 Å². The first-order valence-electron chi connectivity index (χ1n) is 7.90. The van der Waals surface area contributed by atoms with Crippen LogP contribution in [0.4, 0.5) is 0 Å². The quantitative estimate of drug-likeness (QED) is 0.789. The van der Waals surface area contributed by atoms with Gasteiger partial charge in [-0.2, -0.15) is 4.98 Å². The molecule has 2 atom stereocenters. The van der Waals surface area contributed by atoms with Gasteiger partial charge in [0.25, 0.3) is 0 Å². The molecule has 120 valence electrons. The summed E-state index contributed by atoms with van der Waals surface area (Å²) in [6, 6.07) is 0. The maximum absolute atomic E-state index is 9.18. The Morgan fingerprint density at radius 3 is 3.00 bits per heavy atom. The van der Waals surface area contributed by atoms with Gasteiger partial charge in [0.15, 0.2) is 11.2 Å². The van der Waals surface area contributed by atoms with Gasteiger partial charge in [0, 0.05) is 0 Å². The fourth-order valence-corrected chi connectivity index (χ4v) is 2.69. The van der Waals surface area contributed by atoms with Crippen LogP contribution in [-0.2, 0) is 4.74 Å². The summed E-state index contributed by atoms with van der Waals surface area (Å²) in [5, 5.41) is 9.18.